The lowest BCUT2D eigenvalue weighted by Crippen LogP contribution is -2.43. The van der Waals surface area contributed by atoms with Crippen LogP contribution in [0.15, 0.2) is 24.5 Å². The Balaban J connectivity index is 1.66. The Morgan fingerprint density at radius 1 is 1.57 bits per heavy atom. The van der Waals surface area contributed by atoms with Gasteiger partial charge in [0.2, 0.25) is 0 Å². The van der Waals surface area contributed by atoms with Crippen molar-refractivity contribution in [3.63, 3.8) is 0 Å². The quantitative estimate of drug-likeness (QED) is 0.719. The van der Waals surface area contributed by atoms with E-state index in [0.29, 0.717) is 6.04 Å². The lowest BCUT2D eigenvalue weighted by Gasteiger charge is -2.40. The number of hydrogen-bond acceptors (Lipinski definition) is 2. The van der Waals surface area contributed by atoms with E-state index in [4.69, 9.17) is 0 Å². The molecule has 1 saturated carbocycles. The normalized spacial score (nSPS) is 33.9. The molecule has 3 atom stereocenters. The van der Waals surface area contributed by atoms with Crippen molar-refractivity contribution in [2.45, 2.75) is 18.9 Å². The molecule has 0 spiro atoms. The number of fused-ring (bicyclic) bond motifs is 1. The summed E-state index contributed by atoms with van der Waals surface area (Å²) in [6.07, 6.45) is 11.2. The second-order valence-electron chi connectivity index (χ2n) is 4.39. The molecular weight excluding hydrogens is 174 g/mol. The van der Waals surface area contributed by atoms with Gasteiger partial charge >= 0.3 is 0 Å². The Hall–Kier alpha value is -1.25. The molecule has 1 aromatic rings. The first kappa shape index (κ1) is 8.09. The number of anilines is 1. The predicted octanol–water partition coefficient (Wildman–Crippen LogP) is 1.80. The Labute approximate surface area is 83.8 Å². The highest BCUT2D eigenvalue weighted by Gasteiger charge is 2.40. The van der Waals surface area contributed by atoms with Crippen LogP contribution < -0.4 is 5.32 Å². The summed E-state index contributed by atoms with van der Waals surface area (Å²) in [6.45, 7) is 0. The van der Waals surface area contributed by atoms with Gasteiger partial charge in [0.1, 0.15) is 0 Å². The van der Waals surface area contributed by atoms with Crippen LogP contribution in [-0.4, -0.2) is 15.8 Å². The number of rotatable bonds is 2. The molecule has 0 radical (unpaired) electrons. The van der Waals surface area contributed by atoms with Gasteiger partial charge in [-0.15, -0.1) is 0 Å². The van der Waals surface area contributed by atoms with Gasteiger partial charge in [-0.2, -0.15) is 5.10 Å². The van der Waals surface area contributed by atoms with E-state index in [1.54, 1.807) is 0 Å². The fourth-order valence-corrected chi connectivity index (χ4v) is 2.59. The monoisotopic (exact) mass is 189 g/mol. The molecule has 0 bridgehead atoms. The lowest BCUT2D eigenvalue weighted by atomic mass is 9.71. The molecule has 1 fully saturated rings. The summed E-state index contributed by atoms with van der Waals surface area (Å²) >= 11 is 0. The number of nitrogens with one attached hydrogen (secondary N) is 1. The zero-order valence-electron chi connectivity index (χ0n) is 8.35. The van der Waals surface area contributed by atoms with Crippen molar-refractivity contribution < 1.29 is 0 Å². The summed E-state index contributed by atoms with van der Waals surface area (Å²) in [6, 6.07) is 0.642. The van der Waals surface area contributed by atoms with Crippen molar-refractivity contribution in [1.29, 1.82) is 0 Å². The van der Waals surface area contributed by atoms with Gasteiger partial charge in [-0.25, -0.2) is 0 Å². The largest absolute Gasteiger partial charge is 0.379 e. The molecule has 3 rings (SSSR count). The Bertz CT molecular complexity index is 366. The third-order valence-electron chi connectivity index (χ3n) is 3.42. The van der Waals surface area contributed by atoms with Crippen LogP contribution in [0.25, 0.3) is 0 Å². The van der Waals surface area contributed by atoms with E-state index in [2.05, 4.69) is 22.6 Å². The Morgan fingerprint density at radius 3 is 3.21 bits per heavy atom. The van der Waals surface area contributed by atoms with Crippen molar-refractivity contribution in [1.82, 2.24) is 9.78 Å². The number of hydrogen-bond donors (Lipinski definition) is 1. The number of aromatic nitrogens is 2. The molecule has 0 saturated heterocycles. The molecule has 0 aliphatic heterocycles. The van der Waals surface area contributed by atoms with E-state index in [-0.39, 0.29) is 0 Å². The predicted molar refractivity (Wildman–Crippen MR) is 56.0 cm³/mol. The number of aryl methyl sites for hydroxylation is 1. The minimum atomic E-state index is 0.642. The molecule has 0 amide bonds. The molecule has 14 heavy (non-hydrogen) atoms. The summed E-state index contributed by atoms with van der Waals surface area (Å²) in [5.74, 6) is 1.69. The first-order chi connectivity index (χ1) is 6.83. The van der Waals surface area contributed by atoms with Crippen LogP contribution in [0.5, 0.6) is 0 Å². The van der Waals surface area contributed by atoms with Crippen molar-refractivity contribution in [3.05, 3.63) is 24.5 Å². The van der Waals surface area contributed by atoms with Crippen LogP contribution in [0.3, 0.4) is 0 Å². The van der Waals surface area contributed by atoms with Crippen molar-refractivity contribution in [2.24, 2.45) is 18.9 Å². The molecule has 1 N–H and O–H groups in total. The highest BCUT2D eigenvalue weighted by Crippen LogP contribution is 2.43. The fourth-order valence-electron chi connectivity index (χ4n) is 2.59. The maximum atomic E-state index is 4.15. The third kappa shape index (κ3) is 1.15. The molecule has 3 unspecified atom stereocenters. The maximum absolute atomic E-state index is 4.15. The summed E-state index contributed by atoms with van der Waals surface area (Å²) in [7, 11) is 1.95. The van der Waals surface area contributed by atoms with Gasteiger partial charge in [0.05, 0.1) is 11.9 Å². The fraction of sp³-hybridized carbons (Fsp3) is 0.545. The van der Waals surface area contributed by atoms with Crippen LogP contribution in [-0.2, 0) is 7.05 Å². The summed E-state index contributed by atoms with van der Waals surface area (Å²) in [5.41, 5.74) is 1.15. The highest BCUT2D eigenvalue weighted by molar-refractivity contribution is 5.41. The van der Waals surface area contributed by atoms with Gasteiger partial charge in [-0.3, -0.25) is 4.68 Å². The van der Waals surface area contributed by atoms with Crippen molar-refractivity contribution >= 4 is 5.69 Å². The minimum Gasteiger partial charge on any atom is -0.379 e. The average molecular weight is 189 g/mol. The van der Waals surface area contributed by atoms with Crippen LogP contribution >= 0.6 is 0 Å². The Morgan fingerprint density at radius 2 is 2.50 bits per heavy atom. The first-order valence-corrected chi connectivity index (χ1v) is 5.25. The Kier molecular flexibility index (Phi) is 1.66. The second-order valence-corrected chi connectivity index (χ2v) is 4.39. The van der Waals surface area contributed by atoms with Crippen LogP contribution in [0, 0.1) is 11.8 Å². The van der Waals surface area contributed by atoms with E-state index in [0.717, 1.165) is 17.5 Å². The minimum absolute atomic E-state index is 0.642. The summed E-state index contributed by atoms with van der Waals surface area (Å²) in [4.78, 5) is 0. The lowest BCUT2D eigenvalue weighted by molar-refractivity contribution is 0.218. The second kappa shape index (κ2) is 2.87. The van der Waals surface area contributed by atoms with Gasteiger partial charge < -0.3 is 5.32 Å². The SMILES string of the molecule is Cn1cc(NC2CC3CC=CC32)cn1. The molecule has 1 heterocycles. The van der Waals surface area contributed by atoms with E-state index < -0.39 is 0 Å². The molecule has 2 aliphatic rings. The van der Waals surface area contributed by atoms with Crippen LogP contribution in [0.1, 0.15) is 12.8 Å². The van der Waals surface area contributed by atoms with Crippen LogP contribution in [0.4, 0.5) is 5.69 Å². The van der Waals surface area contributed by atoms with Crippen molar-refractivity contribution in [2.75, 3.05) is 5.32 Å². The zero-order valence-corrected chi connectivity index (χ0v) is 8.35. The number of nitrogens with zero attached hydrogens (tertiary/aromatic N) is 2. The zero-order chi connectivity index (χ0) is 9.54. The van der Waals surface area contributed by atoms with Crippen molar-refractivity contribution in [3.8, 4) is 0 Å². The average Bonchev–Trinajstić information content (AvgIpc) is 2.68. The van der Waals surface area contributed by atoms with E-state index in [1.807, 2.05) is 24.1 Å². The molecule has 3 heteroatoms. The van der Waals surface area contributed by atoms with Crippen LogP contribution in [0.2, 0.25) is 0 Å². The maximum Gasteiger partial charge on any atom is 0.0728 e. The standard InChI is InChI=1S/C11H15N3/c1-14-7-9(6-12-14)13-11-5-8-3-2-4-10(8)11/h2,4,6-8,10-11,13H,3,5H2,1H3. The smallest absolute Gasteiger partial charge is 0.0728 e. The topological polar surface area (TPSA) is 29.9 Å². The molecule has 1 aromatic heterocycles. The highest BCUT2D eigenvalue weighted by atomic mass is 15.3. The van der Waals surface area contributed by atoms with E-state index in [9.17, 15) is 0 Å². The summed E-state index contributed by atoms with van der Waals surface area (Å²) < 4.78 is 1.84. The summed E-state index contributed by atoms with van der Waals surface area (Å²) in [5, 5.41) is 7.69. The molecule has 74 valence electrons. The molecular formula is C11H15N3. The van der Waals surface area contributed by atoms with E-state index >= 15 is 0 Å². The van der Waals surface area contributed by atoms with Gasteiger partial charge in [0.15, 0.2) is 0 Å². The molecule has 2 aliphatic carbocycles. The van der Waals surface area contributed by atoms with Gasteiger partial charge in [-0.1, -0.05) is 12.2 Å². The molecule has 0 aromatic carbocycles. The number of allylic oxidation sites excluding steroid dienone is 1. The van der Waals surface area contributed by atoms with Gasteiger partial charge in [-0.05, 0) is 18.8 Å². The molecule has 3 nitrogen and oxygen atoms in total. The first-order valence-electron chi connectivity index (χ1n) is 5.25. The third-order valence-corrected chi connectivity index (χ3v) is 3.42. The van der Waals surface area contributed by atoms with Gasteiger partial charge in [0, 0.05) is 25.2 Å². The van der Waals surface area contributed by atoms with E-state index in [1.165, 1.54) is 12.8 Å². The van der Waals surface area contributed by atoms with Gasteiger partial charge in [0.25, 0.3) is 0 Å².